The van der Waals surface area contributed by atoms with E-state index in [-0.39, 0.29) is 46.6 Å². The highest BCUT2D eigenvalue weighted by Crippen LogP contribution is 2.50. The largest absolute Gasteiger partial charge is 0.382 e. The third-order valence-corrected chi connectivity index (χ3v) is 9.19. The molecular weight excluding hydrogens is 700 g/mol. The van der Waals surface area contributed by atoms with Crippen LogP contribution in [0.4, 0.5) is 20.5 Å². The van der Waals surface area contributed by atoms with Crippen molar-refractivity contribution in [3.05, 3.63) is 29.3 Å². The summed E-state index contributed by atoms with van der Waals surface area (Å²) in [6.45, 7) is -5.20. The third kappa shape index (κ3) is 6.24. The van der Waals surface area contributed by atoms with Gasteiger partial charge in [-0.2, -0.15) is 17.6 Å². The smallest absolute Gasteiger partial charge is 0.327 e. The Bertz CT molecular complexity index is 1850. The van der Waals surface area contributed by atoms with Crippen molar-refractivity contribution in [2.75, 3.05) is 30.6 Å². The molecule has 19 nitrogen and oxygen atoms in total. The zero-order valence-electron chi connectivity index (χ0n) is 23.0. The average molecular weight is 725 g/mol. The van der Waals surface area contributed by atoms with Gasteiger partial charge in [-0.1, -0.05) is 0 Å². The normalized spacial score (nSPS) is 29.7. The molecule has 2 aliphatic rings. The number of H-pyrrole nitrogens is 1. The molecule has 25 heteroatoms. The molecular formula is C21H24F2N10O9P2S2. The van der Waals surface area contributed by atoms with Crippen molar-refractivity contribution in [2.24, 2.45) is 0 Å². The SMILES string of the molecule is Nc1nc2c(ncn2[C@@H]2O[C@H](COCS)[C@@H](OP(O)(=S)OC[C@H]3O[C@@H](n4cnc5c(N)ncnc54)[C@H](F)[C@@H]3OP=O)[C@H]2F)c(=O)[nH]1. The van der Waals surface area contributed by atoms with E-state index in [4.69, 9.17) is 51.1 Å². The number of thiol groups is 1. The van der Waals surface area contributed by atoms with Gasteiger partial charge in [-0.15, -0.1) is 0 Å². The van der Waals surface area contributed by atoms with Gasteiger partial charge >= 0.3 is 15.4 Å². The van der Waals surface area contributed by atoms with E-state index < -0.39 is 76.8 Å². The molecule has 0 amide bonds. The van der Waals surface area contributed by atoms with Gasteiger partial charge in [0, 0.05) is 0 Å². The number of aromatic nitrogens is 8. The van der Waals surface area contributed by atoms with E-state index in [1.807, 2.05) is 0 Å². The lowest BCUT2D eigenvalue weighted by atomic mass is 10.1. The minimum atomic E-state index is -4.33. The van der Waals surface area contributed by atoms with Gasteiger partial charge in [0.1, 0.15) is 36.3 Å². The third-order valence-electron chi connectivity index (χ3n) is 7.11. The number of aromatic amines is 1. The molecule has 0 radical (unpaired) electrons. The predicted molar refractivity (Wildman–Crippen MR) is 160 cm³/mol. The molecule has 0 aliphatic carbocycles. The lowest BCUT2D eigenvalue weighted by Gasteiger charge is -2.26. The van der Waals surface area contributed by atoms with Gasteiger partial charge in [-0.3, -0.25) is 28.0 Å². The van der Waals surface area contributed by atoms with Gasteiger partial charge in [0.25, 0.3) is 5.56 Å². The Morgan fingerprint density at radius 1 is 1.04 bits per heavy atom. The number of nitrogen functional groups attached to an aromatic ring is 2. The zero-order valence-corrected chi connectivity index (χ0v) is 26.5. The topological polar surface area (TPSA) is 252 Å². The molecule has 6 heterocycles. The molecule has 46 heavy (non-hydrogen) atoms. The molecule has 0 spiro atoms. The van der Waals surface area contributed by atoms with Crippen molar-refractivity contribution in [2.45, 2.75) is 49.2 Å². The van der Waals surface area contributed by atoms with Crippen LogP contribution in [0.2, 0.25) is 0 Å². The number of nitrogens with two attached hydrogens (primary N) is 2. The predicted octanol–water partition coefficient (Wildman–Crippen LogP) is 0.709. The summed E-state index contributed by atoms with van der Waals surface area (Å²) in [5.41, 5.74) is 11.0. The summed E-state index contributed by atoms with van der Waals surface area (Å²) < 4.78 is 78.2. The first-order valence-corrected chi connectivity index (χ1v) is 17.1. The number of imidazole rings is 2. The molecule has 0 bridgehead atoms. The zero-order chi connectivity index (χ0) is 32.7. The highest BCUT2D eigenvalue weighted by molar-refractivity contribution is 8.07. The van der Waals surface area contributed by atoms with E-state index in [0.29, 0.717) is 0 Å². The van der Waals surface area contributed by atoms with Gasteiger partial charge in [-0.05, 0) is 11.8 Å². The second-order valence-corrected chi connectivity index (χ2v) is 13.3. The van der Waals surface area contributed by atoms with Crippen LogP contribution in [0.3, 0.4) is 0 Å². The van der Waals surface area contributed by atoms with Crippen LogP contribution in [0.5, 0.6) is 0 Å². The van der Waals surface area contributed by atoms with Gasteiger partial charge in [0.05, 0.1) is 31.8 Å². The molecule has 4 aromatic heterocycles. The van der Waals surface area contributed by atoms with Crippen LogP contribution >= 0.6 is 28.0 Å². The number of nitrogens with zero attached hydrogens (tertiary/aromatic N) is 7. The van der Waals surface area contributed by atoms with Crippen LogP contribution in [-0.2, 0) is 44.2 Å². The lowest BCUT2D eigenvalue weighted by molar-refractivity contribution is -0.0579. The Kier molecular flexibility index (Phi) is 9.61. The maximum absolute atomic E-state index is 16.0. The van der Waals surface area contributed by atoms with Crippen molar-refractivity contribution < 1.29 is 46.0 Å². The van der Waals surface area contributed by atoms with Crippen LogP contribution in [0.15, 0.2) is 23.8 Å². The molecule has 0 aromatic carbocycles. The van der Waals surface area contributed by atoms with E-state index in [2.05, 4.69) is 42.5 Å². The molecule has 1 unspecified atom stereocenters. The molecule has 6 N–H and O–H groups in total. The molecule has 6 rings (SSSR count). The summed E-state index contributed by atoms with van der Waals surface area (Å²) >= 11 is 9.13. The molecule has 2 fully saturated rings. The quantitative estimate of drug-likeness (QED) is 0.0766. The fourth-order valence-electron chi connectivity index (χ4n) is 5.11. The Hall–Kier alpha value is -2.82. The lowest BCUT2D eigenvalue weighted by Crippen LogP contribution is -2.35. The Labute approximate surface area is 267 Å². The molecule has 4 aromatic rings. The van der Waals surface area contributed by atoms with E-state index in [1.54, 1.807) is 0 Å². The summed E-state index contributed by atoms with van der Waals surface area (Å²) in [7, 11) is -0.863. The van der Waals surface area contributed by atoms with Gasteiger partial charge in [0.15, 0.2) is 47.4 Å². The summed E-state index contributed by atoms with van der Waals surface area (Å²) in [4.78, 5) is 45.4. The minimum Gasteiger partial charge on any atom is -0.382 e. The summed E-state index contributed by atoms with van der Waals surface area (Å²) in [5, 5.41) is 0. The number of anilines is 2. The highest BCUT2D eigenvalue weighted by atomic mass is 32.5. The average Bonchev–Trinajstić information content (AvgIpc) is 3.77. The van der Waals surface area contributed by atoms with Crippen LogP contribution < -0.4 is 17.0 Å². The van der Waals surface area contributed by atoms with Gasteiger partial charge in [-0.25, -0.2) is 33.3 Å². The number of halogens is 2. The first-order chi connectivity index (χ1) is 22.0. The molecule has 0 saturated carbocycles. The van der Waals surface area contributed by atoms with Crippen LogP contribution in [0.25, 0.3) is 22.3 Å². The molecule has 2 saturated heterocycles. The summed E-state index contributed by atoms with van der Waals surface area (Å²) in [6.07, 6.45) is -8.79. The molecule has 2 aliphatic heterocycles. The number of hydrogen-bond acceptors (Lipinski definition) is 17. The standard InChI is InChI=1S/C21H24F2N10O9P2S2/c22-9-13(41-43-35)8(40-19(9)32-4-28-11-15(24)26-3-27-16(11)32)2-38-44(36,46)42-14-7(1-37-6-45)39-20(10(14)23)33-5-29-12-17(33)30-21(25)31-18(12)34/h3-5,7-10,13-14,19-20,45H,1-2,6H2,(H,36,46)(H2,24,26,27)(H3,25,30,31,34)/t7-,8-,9-,10-,13-,14-,19-,20-,44?/m1/s1. The number of ether oxygens (including phenoxy) is 3. The van der Waals surface area contributed by atoms with Crippen LogP contribution in [0, 0.1) is 0 Å². The highest BCUT2D eigenvalue weighted by Gasteiger charge is 2.51. The van der Waals surface area contributed by atoms with E-state index in [0.717, 1.165) is 17.2 Å². The monoisotopic (exact) mass is 724 g/mol. The fourth-order valence-corrected chi connectivity index (χ4v) is 7.01. The van der Waals surface area contributed by atoms with E-state index >= 15 is 8.78 Å². The van der Waals surface area contributed by atoms with Crippen molar-refractivity contribution in [3.8, 4) is 0 Å². The summed E-state index contributed by atoms with van der Waals surface area (Å²) in [5.74, 6) is -0.243. The van der Waals surface area contributed by atoms with Crippen molar-refractivity contribution >= 4 is 73.9 Å². The number of nitrogens with one attached hydrogen (secondary N) is 1. The maximum atomic E-state index is 16.0. The van der Waals surface area contributed by atoms with Crippen molar-refractivity contribution in [1.29, 1.82) is 0 Å². The minimum absolute atomic E-state index is 0.0543. The van der Waals surface area contributed by atoms with Crippen molar-refractivity contribution in [3.63, 3.8) is 0 Å². The Morgan fingerprint density at radius 2 is 1.70 bits per heavy atom. The second-order valence-electron chi connectivity index (χ2n) is 9.86. The summed E-state index contributed by atoms with van der Waals surface area (Å²) in [6, 6.07) is 0. The number of rotatable bonds is 12. The van der Waals surface area contributed by atoms with Crippen LogP contribution in [0.1, 0.15) is 12.5 Å². The molecule has 9 atom stereocenters. The Balaban J connectivity index is 1.19. The number of alkyl halides is 2. The number of hydrogen-bond donors (Lipinski definition) is 5. The van der Waals surface area contributed by atoms with E-state index in [9.17, 15) is 14.3 Å². The number of fused-ring (bicyclic) bond motifs is 2. The van der Waals surface area contributed by atoms with Gasteiger partial charge < -0.3 is 35.1 Å². The fraction of sp³-hybridized carbons (Fsp3) is 0.524. The Morgan fingerprint density at radius 3 is 2.39 bits per heavy atom. The van der Waals surface area contributed by atoms with E-state index in [1.165, 1.54) is 10.9 Å². The van der Waals surface area contributed by atoms with Crippen LogP contribution in [-0.4, -0.2) is 99.8 Å². The maximum Gasteiger partial charge on any atom is 0.327 e. The van der Waals surface area contributed by atoms with Crippen molar-refractivity contribution in [1.82, 2.24) is 39.0 Å². The first-order valence-electron chi connectivity index (χ1n) is 13.1. The first kappa shape index (κ1) is 33.1. The second kappa shape index (κ2) is 13.4. The molecule has 248 valence electrons. The van der Waals surface area contributed by atoms with Gasteiger partial charge in [0.2, 0.25) is 5.95 Å².